The van der Waals surface area contributed by atoms with E-state index in [1.807, 2.05) is 6.92 Å². The first-order valence-electron chi connectivity index (χ1n) is 3.93. The Bertz CT molecular complexity index is 174. The molecule has 0 aromatic carbocycles. The smallest absolute Gasteiger partial charge is 0.325 e. The van der Waals surface area contributed by atoms with Crippen molar-refractivity contribution in [1.82, 2.24) is 0 Å². The molecule has 1 unspecified atom stereocenters. The predicted octanol–water partition coefficient (Wildman–Crippen LogP) is 0.462. The first kappa shape index (κ1) is 10.9. The minimum Gasteiger partial charge on any atom is -0.465 e. The van der Waals surface area contributed by atoms with Crippen molar-refractivity contribution in [3.8, 4) is 6.07 Å². The fraction of sp³-hybridized carbons (Fsp3) is 0.750. The summed E-state index contributed by atoms with van der Waals surface area (Å²) in [6, 6.07) is 1.65. The number of hydrogen-bond donors (Lipinski definition) is 1. The predicted molar refractivity (Wildman–Crippen MR) is 42.1 cm³/mol. The van der Waals surface area contributed by atoms with E-state index < -0.39 is 18.5 Å². The molecule has 0 aromatic heterocycles. The van der Waals surface area contributed by atoms with Crippen LogP contribution in [0, 0.1) is 17.2 Å². The Morgan fingerprint density at radius 1 is 1.75 bits per heavy atom. The Morgan fingerprint density at radius 2 is 2.42 bits per heavy atom. The number of nitrogens with zero attached hydrogens (tertiary/aromatic N) is 1. The van der Waals surface area contributed by atoms with Gasteiger partial charge in [0.2, 0.25) is 0 Å². The van der Waals surface area contributed by atoms with E-state index in [4.69, 9.17) is 15.1 Å². The Hall–Kier alpha value is -1.08. The summed E-state index contributed by atoms with van der Waals surface area (Å²) in [7, 11) is 0. The molecule has 0 heterocycles. The number of ether oxygens (including phenoxy) is 1. The summed E-state index contributed by atoms with van der Waals surface area (Å²) in [6.45, 7) is 1.83. The first-order chi connectivity index (χ1) is 5.76. The number of hydrogen-bond acceptors (Lipinski definition) is 4. The van der Waals surface area contributed by atoms with Crippen molar-refractivity contribution in [2.75, 3.05) is 13.2 Å². The van der Waals surface area contributed by atoms with E-state index in [9.17, 15) is 4.79 Å². The SMILES string of the molecule is CCCCOC(=O)C(C#N)CO. The molecule has 68 valence electrons. The lowest BCUT2D eigenvalue weighted by Crippen LogP contribution is -2.19. The molecule has 4 nitrogen and oxygen atoms in total. The molecule has 12 heavy (non-hydrogen) atoms. The van der Waals surface area contributed by atoms with Gasteiger partial charge in [0.25, 0.3) is 0 Å². The molecule has 0 saturated heterocycles. The molecular weight excluding hydrogens is 158 g/mol. The molecule has 0 spiro atoms. The van der Waals surface area contributed by atoms with E-state index in [0.29, 0.717) is 6.61 Å². The van der Waals surface area contributed by atoms with Crippen molar-refractivity contribution in [3.05, 3.63) is 0 Å². The maximum atomic E-state index is 10.9. The van der Waals surface area contributed by atoms with E-state index in [1.54, 1.807) is 6.07 Å². The van der Waals surface area contributed by atoms with Gasteiger partial charge in [0.15, 0.2) is 5.92 Å². The van der Waals surface area contributed by atoms with E-state index in [0.717, 1.165) is 12.8 Å². The normalized spacial score (nSPS) is 11.8. The summed E-state index contributed by atoms with van der Waals surface area (Å²) < 4.78 is 4.70. The van der Waals surface area contributed by atoms with E-state index in [2.05, 4.69) is 0 Å². The van der Waals surface area contributed by atoms with Gasteiger partial charge >= 0.3 is 5.97 Å². The summed E-state index contributed by atoms with van der Waals surface area (Å²) in [5.41, 5.74) is 0. The summed E-state index contributed by atoms with van der Waals surface area (Å²) >= 11 is 0. The molecule has 0 fully saturated rings. The third kappa shape index (κ3) is 3.94. The first-order valence-corrected chi connectivity index (χ1v) is 3.93. The zero-order chi connectivity index (χ0) is 9.40. The van der Waals surface area contributed by atoms with Gasteiger partial charge < -0.3 is 9.84 Å². The van der Waals surface area contributed by atoms with Gasteiger partial charge in [-0.25, -0.2) is 0 Å². The van der Waals surface area contributed by atoms with Gasteiger partial charge in [0.1, 0.15) is 0 Å². The number of carbonyl (C=O) groups is 1. The van der Waals surface area contributed by atoms with Crippen LogP contribution in [0.15, 0.2) is 0 Å². The van der Waals surface area contributed by atoms with Crippen LogP contribution in [0.4, 0.5) is 0 Å². The van der Waals surface area contributed by atoms with Crippen LogP contribution in [0.1, 0.15) is 19.8 Å². The van der Waals surface area contributed by atoms with Crippen LogP contribution >= 0.6 is 0 Å². The molecule has 1 N–H and O–H groups in total. The number of carbonyl (C=O) groups excluding carboxylic acids is 1. The number of aliphatic hydroxyl groups is 1. The number of esters is 1. The third-order valence-electron chi connectivity index (χ3n) is 1.37. The topological polar surface area (TPSA) is 70.3 Å². The molecule has 0 aromatic rings. The van der Waals surface area contributed by atoms with Crippen LogP contribution in [-0.2, 0) is 9.53 Å². The van der Waals surface area contributed by atoms with Crippen LogP contribution in [0.5, 0.6) is 0 Å². The Balaban J connectivity index is 3.64. The largest absolute Gasteiger partial charge is 0.465 e. The van der Waals surface area contributed by atoms with Crippen molar-refractivity contribution < 1.29 is 14.6 Å². The summed E-state index contributed by atoms with van der Waals surface area (Å²) in [5, 5.41) is 16.9. The van der Waals surface area contributed by atoms with Gasteiger partial charge in [-0.05, 0) is 6.42 Å². The van der Waals surface area contributed by atoms with E-state index in [1.165, 1.54) is 0 Å². The highest BCUT2D eigenvalue weighted by Crippen LogP contribution is 1.98. The molecule has 0 bridgehead atoms. The third-order valence-corrected chi connectivity index (χ3v) is 1.37. The zero-order valence-corrected chi connectivity index (χ0v) is 7.12. The lowest BCUT2D eigenvalue weighted by atomic mass is 10.2. The highest BCUT2D eigenvalue weighted by Gasteiger charge is 2.17. The average molecular weight is 171 g/mol. The second-order valence-corrected chi connectivity index (χ2v) is 2.39. The molecule has 0 amide bonds. The molecule has 0 aliphatic heterocycles. The quantitative estimate of drug-likeness (QED) is 0.482. The summed E-state index contributed by atoms with van der Waals surface area (Å²) in [6.07, 6.45) is 1.72. The van der Waals surface area contributed by atoms with Crippen molar-refractivity contribution in [2.45, 2.75) is 19.8 Å². The van der Waals surface area contributed by atoms with Crippen molar-refractivity contribution in [3.63, 3.8) is 0 Å². The molecule has 0 rings (SSSR count). The second kappa shape index (κ2) is 6.62. The fourth-order valence-corrected chi connectivity index (χ4v) is 0.586. The number of aliphatic hydroxyl groups excluding tert-OH is 1. The molecule has 0 aliphatic carbocycles. The fourth-order valence-electron chi connectivity index (χ4n) is 0.586. The van der Waals surface area contributed by atoms with E-state index >= 15 is 0 Å². The van der Waals surface area contributed by atoms with Crippen LogP contribution in [0.25, 0.3) is 0 Å². The Morgan fingerprint density at radius 3 is 2.83 bits per heavy atom. The van der Waals surface area contributed by atoms with E-state index in [-0.39, 0.29) is 0 Å². The van der Waals surface area contributed by atoms with Gasteiger partial charge in [0, 0.05) is 0 Å². The minimum atomic E-state index is -1.03. The number of unbranched alkanes of at least 4 members (excludes halogenated alkanes) is 1. The van der Waals surface area contributed by atoms with Gasteiger partial charge in [-0.15, -0.1) is 0 Å². The van der Waals surface area contributed by atoms with Gasteiger partial charge in [-0.2, -0.15) is 5.26 Å². The number of rotatable bonds is 5. The van der Waals surface area contributed by atoms with Gasteiger partial charge in [0.05, 0.1) is 19.3 Å². The molecule has 0 aliphatic rings. The minimum absolute atomic E-state index is 0.327. The second-order valence-electron chi connectivity index (χ2n) is 2.39. The maximum absolute atomic E-state index is 10.9. The monoisotopic (exact) mass is 171 g/mol. The highest BCUT2D eigenvalue weighted by atomic mass is 16.5. The zero-order valence-electron chi connectivity index (χ0n) is 7.12. The Labute approximate surface area is 71.8 Å². The standard InChI is InChI=1S/C8H13NO3/c1-2-3-4-12-8(11)7(5-9)6-10/h7,10H,2-4,6H2,1H3. The molecule has 0 saturated carbocycles. The number of nitriles is 1. The van der Waals surface area contributed by atoms with Crippen LogP contribution < -0.4 is 0 Å². The lowest BCUT2D eigenvalue weighted by Gasteiger charge is -2.05. The average Bonchev–Trinajstić information content (AvgIpc) is 2.07. The van der Waals surface area contributed by atoms with Gasteiger partial charge in [-0.1, -0.05) is 13.3 Å². The Kier molecular flexibility index (Phi) is 6.02. The lowest BCUT2D eigenvalue weighted by molar-refractivity contribution is -0.147. The van der Waals surface area contributed by atoms with Crippen LogP contribution in [0.3, 0.4) is 0 Å². The molecule has 4 heteroatoms. The van der Waals surface area contributed by atoms with Gasteiger partial charge in [-0.3, -0.25) is 4.79 Å². The van der Waals surface area contributed by atoms with Crippen LogP contribution in [0.2, 0.25) is 0 Å². The van der Waals surface area contributed by atoms with Crippen molar-refractivity contribution in [2.24, 2.45) is 5.92 Å². The van der Waals surface area contributed by atoms with Crippen molar-refractivity contribution >= 4 is 5.97 Å². The van der Waals surface area contributed by atoms with Crippen LogP contribution in [-0.4, -0.2) is 24.3 Å². The summed E-state index contributed by atoms with van der Waals surface area (Å²) in [4.78, 5) is 10.9. The summed E-state index contributed by atoms with van der Waals surface area (Å²) in [5.74, 6) is -1.66. The highest BCUT2D eigenvalue weighted by molar-refractivity contribution is 5.75. The molecular formula is C8H13NO3. The molecule has 0 radical (unpaired) electrons. The maximum Gasteiger partial charge on any atom is 0.325 e. The molecule has 1 atom stereocenters. The van der Waals surface area contributed by atoms with Crippen molar-refractivity contribution in [1.29, 1.82) is 5.26 Å².